The lowest BCUT2D eigenvalue weighted by molar-refractivity contribution is -0.115. The van der Waals surface area contributed by atoms with E-state index in [4.69, 9.17) is 11.6 Å². The molecule has 2 N–H and O–H groups in total. The number of nitrogens with zero attached hydrogens (tertiary/aromatic N) is 3. The first kappa shape index (κ1) is 19.5. The smallest absolute Gasteiger partial charge is 0.258 e. The molecule has 2 heterocycles. The normalized spacial score (nSPS) is 12.6. The zero-order valence-electron chi connectivity index (χ0n) is 15.6. The van der Waals surface area contributed by atoms with Crippen LogP contribution in [0.25, 0.3) is 0 Å². The van der Waals surface area contributed by atoms with E-state index in [1.165, 1.54) is 11.8 Å². The Morgan fingerprint density at radius 2 is 2.10 bits per heavy atom. The molecular formula is C20H18ClN5O2S. The van der Waals surface area contributed by atoms with Crippen LogP contribution in [-0.4, -0.2) is 26.6 Å². The summed E-state index contributed by atoms with van der Waals surface area (Å²) >= 11 is 7.72. The van der Waals surface area contributed by atoms with Gasteiger partial charge >= 0.3 is 0 Å². The van der Waals surface area contributed by atoms with E-state index in [1.54, 1.807) is 18.2 Å². The summed E-state index contributed by atoms with van der Waals surface area (Å²) in [5.41, 5.74) is 3.05. The maximum Gasteiger partial charge on any atom is 0.258 e. The Morgan fingerprint density at radius 1 is 1.28 bits per heavy atom. The highest BCUT2D eigenvalue weighted by Gasteiger charge is 2.20. The summed E-state index contributed by atoms with van der Waals surface area (Å²) in [5, 5.41) is 15.3. The molecule has 29 heavy (non-hydrogen) atoms. The summed E-state index contributed by atoms with van der Waals surface area (Å²) in [7, 11) is 0. The second-order valence-electron chi connectivity index (χ2n) is 6.48. The van der Waals surface area contributed by atoms with Crippen molar-refractivity contribution in [3.63, 3.8) is 0 Å². The average molecular weight is 428 g/mol. The van der Waals surface area contributed by atoms with Crippen molar-refractivity contribution in [3.8, 4) is 0 Å². The van der Waals surface area contributed by atoms with Gasteiger partial charge in [0.15, 0.2) is 5.16 Å². The van der Waals surface area contributed by atoms with E-state index in [2.05, 4.69) is 20.8 Å². The molecule has 0 saturated carbocycles. The van der Waals surface area contributed by atoms with Crippen LogP contribution in [0.1, 0.15) is 28.4 Å². The second-order valence-corrected chi connectivity index (χ2v) is 7.83. The third kappa shape index (κ3) is 4.13. The Hall–Kier alpha value is -2.84. The van der Waals surface area contributed by atoms with Gasteiger partial charge in [-0.15, -0.1) is 10.2 Å². The third-order valence-corrected chi connectivity index (χ3v) is 5.95. The van der Waals surface area contributed by atoms with Crippen LogP contribution >= 0.6 is 23.4 Å². The van der Waals surface area contributed by atoms with Crippen LogP contribution in [0.15, 0.2) is 47.6 Å². The number of amides is 2. The molecule has 9 heteroatoms. The lowest BCUT2D eigenvalue weighted by Gasteiger charge is -2.09. The molecule has 1 aliphatic heterocycles. The predicted octanol–water partition coefficient (Wildman–Crippen LogP) is 3.99. The van der Waals surface area contributed by atoms with Gasteiger partial charge in [-0.25, -0.2) is 0 Å². The number of hydrogen-bond acceptors (Lipinski definition) is 5. The van der Waals surface area contributed by atoms with E-state index in [0.29, 0.717) is 34.0 Å². The van der Waals surface area contributed by atoms with Crippen molar-refractivity contribution in [2.75, 3.05) is 10.6 Å². The number of rotatable bonds is 6. The Kier molecular flexibility index (Phi) is 5.55. The van der Waals surface area contributed by atoms with E-state index in [-0.39, 0.29) is 18.2 Å². The predicted molar refractivity (Wildman–Crippen MR) is 113 cm³/mol. The third-order valence-electron chi connectivity index (χ3n) is 4.57. The molecule has 7 nitrogen and oxygen atoms in total. The molecule has 148 valence electrons. The van der Waals surface area contributed by atoms with Gasteiger partial charge in [0, 0.05) is 28.6 Å². The Labute approximate surface area is 176 Å². The fraction of sp³-hybridized carbons (Fsp3) is 0.200. The van der Waals surface area contributed by atoms with E-state index in [1.807, 2.05) is 35.8 Å². The van der Waals surface area contributed by atoms with Crippen molar-refractivity contribution in [1.82, 2.24) is 14.8 Å². The Morgan fingerprint density at radius 3 is 2.90 bits per heavy atom. The van der Waals surface area contributed by atoms with E-state index in [0.717, 1.165) is 16.8 Å². The number of halogens is 1. The van der Waals surface area contributed by atoms with E-state index in [9.17, 15) is 9.59 Å². The molecule has 4 rings (SSSR count). The van der Waals surface area contributed by atoms with Gasteiger partial charge in [0.2, 0.25) is 11.9 Å². The van der Waals surface area contributed by atoms with Gasteiger partial charge in [-0.1, -0.05) is 41.6 Å². The topological polar surface area (TPSA) is 88.9 Å². The molecular weight excluding hydrogens is 410 g/mol. The second kappa shape index (κ2) is 8.26. The lowest BCUT2D eigenvalue weighted by atomic mass is 10.1. The number of fused-ring (bicyclic) bond motifs is 1. The molecule has 2 aromatic carbocycles. The van der Waals surface area contributed by atoms with Gasteiger partial charge in [0.1, 0.15) is 0 Å². The molecule has 0 aliphatic carbocycles. The molecule has 0 saturated heterocycles. The minimum atomic E-state index is -0.295. The molecule has 1 aliphatic rings. The summed E-state index contributed by atoms with van der Waals surface area (Å²) in [5.74, 6) is 0.673. The maximum atomic E-state index is 12.7. The summed E-state index contributed by atoms with van der Waals surface area (Å²) in [6.07, 6.45) is 0.282. The molecule has 0 radical (unpaired) electrons. The number of hydrogen-bond donors (Lipinski definition) is 2. The first-order valence-corrected chi connectivity index (χ1v) is 10.4. The first-order valence-electron chi connectivity index (χ1n) is 9.08. The molecule has 2 amide bonds. The number of anilines is 2. The highest BCUT2D eigenvalue weighted by atomic mass is 35.5. The van der Waals surface area contributed by atoms with Gasteiger partial charge in [-0.05, 0) is 42.3 Å². The van der Waals surface area contributed by atoms with Gasteiger partial charge < -0.3 is 5.32 Å². The van der Waals surface area contributed by atoms with Gasteiger partial charge in [-0.3, -0.25) is 19.5 Å². The van der Waals surface area contributed by atoms with Crippen LogP contribution < -0.4 is 10.6 Å². The summed E-state index contributed by atoms with van der Waals surface area (Å²) in [6, 6.07) is 12.8. The quantitative estimate of drug-likeness (QED) is 0.580. The first-order chi connectivity index (χ1) is 14.0. The van der Waals surface area contributed by atoms with Crippen molar-refractivity contribution in [2.45, 2.75) is 30.8 Å². The number of aromatic nitrogens is 3. The summed E-state index contributed by atoms with van der Waals surface area (Å²) in [4.78, 5) is 24.2. The summed E-state index contributed by atoms with van der Waals surface area (Å²) in [6.45, 7) is 2.57. The fourth-order valence-electron chi connectivity index (χ4n) is 3.07. The van der Waals surface area contributed by atoms with E-state index >= 15 is 0 Å². The van der Waals surface area contributed by atoms with Crippen LogP contribution in [0.2, 0.25) is 5.02 Å². The zero-order valence-corrected chi connectivity index (χ0v) is 17.2. The van der Waals surface area contributed by atoms with Gasteiger partial charge in [-0.2, -0.15) is 0 Å². The number of benzene rings is 2. The van der Waals surface area contributed by atoms with Crippen LogP contribution in [0, 0.1) is 0 Å². The molecule has 0 fully saturated rings. The largest absolute Gasteiger partial charge is 0.326 e. The number of carbonyl (C=O) groups excluding carboxylic acids is 2. The summed E-state index contributed by atoms with van der Waals surface area (Å²) < 4.78 is 1.85. The number of thioether (sulfide) groups is 1. The molecule has 0 spiro atoms. The zero-order chi connectivity index (χ0) is 20.4. The van der Waals surface area contributed by atoms with Crippen LogP contribution in [-0.2, 0) is 23.5 Å². The standard InChI is InChI=1S/C20H18ClN5O2S/c1-2-26-19(24-25-20(26)29-11-13-5-3-4-6-15(13)21)23-18(28)12-7-8-16-14(9-12)10-17(27)22-16/h3-9H,2,10-11H2,1H3,(H,22,27)(H,23,24,28). The van der Waals surface area contributed by atoms with Crippen molar-refractivity contribution in [3.05, 3.63) is 64.2 Å². The van der Waals surface area contributed by atoms with Crippen LogP contribution in [0.3, 0.4) is 0 Å². The van der Waals surface area contributed by atoms with Crippen molar-refractivity contribution in [1.29, 1.82) is 0 Å². The van der Waals surface area contributed by atoms with Gasteiger partial charge in [0.25, 0.3) is 5.91 Å². The average Bonchev–Trinajstić information content (AvgIpc) is 3.28. The lowest BCUT2D eigenvalue weighted by Crippen LogP contribution is -2.16. The Balaban J connectivity index is 1.48. The monoisotopic (exact) mass is 427 g/mol. The van der Waals surface area contributed by atoms with E-state index < -0.39 is 0 Å². The minimum absolute atomic E-state index is 0.0662. The van der Waals surface area contributed by atoms with Crippen molar-refractivity contribution in [2.24, 2.45) is 0 Å². The highest BCUT2D eigenvalue weighted by molar-refractivity contribution is 7.98. The van der Waals surface area contributed by atoms with Crippen molar-refractivity contribution >= 4 is 46.8 Å². The molecule has 1 aromatic heterocycles. The van der Waals surface area contributed by atoms with Crippen LogP contribution in [0.5, 0.6) is 0 Å². The molecule has 0 unspecified atom stereocenters. The maximum absolute atomic E-state index is 12.7. The molecule has 0 bridgehead atoms. The van der Waals surface area contributed by atoms with Crippen molar-refractivity contribution < 1.29 is 9.59 Å². The number of carbonyl (C=O) groups is 2. The fourth-order valence-corrected chi connectivity index (χ4v) is 4.36. The highest BCUT2D eigenvalue weighted by Crippen LogP contribution is 2.28. The van der Waals surface area contributed by atoms with Gasteiger partial charge in [0.05, 0.1) is 6.42 Å². The number of nitrogens with one attached hydrogen (secondary N) is 2. The molecule has 3 aromatic rings. The van der Waals surface area contributed by atoms with Crippen LogP contribution in [0.4, 0.5) is 11.6 Å². The minimum Gasteiger partial charge on any atom is -0.326 e. The molecule has 0 atom stereocenters. The Bertz CT molecular complexity index is 1100. The SMILES string of the molecule is CCn1c(NC(=O)c2ccc3c(c2)CC(=O)N3)nnc1SCc1ccccc1Cl.